The molecule has 1 heterocycles. The second-order valence-corrected chi connectivity index (χ2v) is 5.65. The van der Waals surface area contributed by atoms with Gasteiger partial charge in [0.05, 0.1) is 0 Å². The Morgan fingerprint density at radius 2 is 2.00 bits per heavy atom. The molecule has 19 heavy (non-hydrogen) atoms. The lowest BCUT2D eigenvalue weighted by atomic mass is 9.99. The van der Waals surface area contributed by atoms with Gasteiger partial charge in [0.15, 0.2) is 0 Å². The monoisotopic (exact) mass is 260 g/mol. The van der Waals surface area contributed by atoms with Gasteiger partial charge in [-0.1, -0.05) is 37.3 Å². The highest BCUT2D eigenvalue weighted by Crippen LogP contribution is 2.26. The molecule has 1 unspecified atom stereocenters. The van der Waals surface area contributed by atoms with E-state index < -0.39 is 0 Å². The number of hydrogen-bond donors (Lipinski definition) is 1. The summed E-state index contributed by atoms with van der Waals surface area (Å²) in [5.41, 5.74) is 1.52. The summed E-state index contributed by atoms with van der Waals surface area (Å²) in [4.78, 5) is 2.64. The first-order valence-corrected chi connectivity index (χ1v) is 7.88. The van der Waals surface area contributed by atoms with E-state index in [1.165, 1.54) is 64.0 Å². The fourth-order valence-corrected chi connectivity index (χ4v) is 2.92. The second-order valence-electron chi connectivity index (χ2n) is 5.65. The quantitative estimate of drug-likeness (QED) is 0.722. The van der Waals surface area contributed by atoms with Crippen LogP contribution in [0.4, 0.5) is 0 Å². The van der Waals surface area contributed by atoms with Crippen molar-refractivity contribution < 1.29 is 0 Å². The minimum Gasteiger partial charge on any atom is -0.317 e. The molecule has 0 spiro atoms. The van der Waals surface area contributed by atoms with Gasteiger partial charge in [-0.15, -0.1) is 0 Å². The van der Waals surface area contributed by atoms with Gasteiger partial charge in [-0.2, -0.15) is 0 Å². The number of hydrogen-bond acceptors (Lipinski definition) is 2. The first-order valence-electron chi connectivity index (χ1n) is 7.88. The molecule has 1 N–H and O–H groups in total. The standard InChI is InChI=1S/C17H28N2/c1-2-11-18-12-6-7-13-19-14-10-17(15-19)16-8-4-3-5-9-16/h3-5,8-9,17-18H,2,6-7,10-15H2,1H3. The predicted octanol–water partition coefficient (Wildman–Crippen LogP) is 3.26. The minimum absolute atomic E-state index is 0.763. The Balaban J connectivity index is 1.60. The molecule has 0 amide bonds. The lowest BCUT2D eigenvalue weighted by molar-refractivity contribution is 0.325. The van der Waals surface area contributed by atoms with E-state index in [0.29, 0.717) is 0 Å². The first kappa shape index (κ1) is 14.5. The van der Waals surface area contributed by atoms with E-state index in [9.17, 15) is 0 Å². The van der Waals surface area contributed by atoms with Crippen molar-refractivity contribution in [2.24, 2.45) is 0 Å². The van der Waals surface area contributed by atoms with E-state index in [4.69, 9.17) is 0 Å². The summed E-state index contributed by atoms with van der Waals surface area (Å²) in [5, 5.41) is 3.48. The lowest BCUT2D eigenvalue weighted by Crippen LogP contribution is -2.23. The Morgan fingerprint density at radius 3 is 2.79 bits per heavy atom. The normalized spacial score (nSPS) is 19.9. The molecule has 106 valence electrons. The molecule has 0 saturated carbocycles. The summed E-state index contributed by atoms with van der Waals surface area (Å²) >= 11 is 0. The van der Waals surface area contributed by atoms with Gasteiger partial charge in [0, 0.05) is 6.54 Å². The molecule has 1 saturated heterocycles. The number of nitrogens with zero attached hydrogens (tertiary/aromatic N) is 1. The van der Waals surface area contributed by atoms with Crippen LogP contribution in [0.5, 0.6) is 0 Å². The van der Waals surface area contributed by atoms with Crippen LogP contribution in [0.2, 0.25) is 0 Å². The lowest BCUT2D eigenvalue weighted by Gasteiger charge is -2.16. The van der Waals surface area contributed by atoms with Crippen molar-refractivity contribution in [2.45, 2.75) is 38.5 Å². The number of nitrogens with one attached hydrogen (secondary N) is 1. The van der Waals surface area contributed by atoms with Crippen molar-refractivity contribution in [3.8, 4) is 0 Å². The van der Waals surface area contributed by atoms with Crippen LogP contribution < -0.4 is 5.32 Å². The molecule has 0 radical (unpaired) electrons. The van der Waals surface area contributed by atoms with Crippen LogP contribution in [0, 0.1) is 0 Å². The Hall–Kier alpha value is -0.860. The van der Waals surface area contributed by atoms with Crippen molar-refractivity contribution in [3.63, 3.8) is 0 Å². The largest absolute Gasteiger partial charge is 0.317 e. The van der Waals surface area contributed by atoms with Gasteiger partial charge < -0.3 is 10.2 Å². The second kappa shape index (κ2) is 8.34. The first-order chi connectivity index (χ1) is 9.40. The summed E-state index contributed by atoms with van der Waals surface area (Å²) in [6, 6.07) is 11.0. The minimum atomic E-state index is 0.763. The summed E-state index contributed by atoms with van der Waals surface area (Å²) in [5.74, 6) is 0.763. The van der Waals surface area contributed by atoms with Gasteiger partial charge in [-0.05, 0) is 63.3 Å². The molecule has 1 aromatic carbocycles. The molecule has 2 rings (SSSR count). The predicted molar refractivity (Wildman–Crippen MR) is 82.6 cm³/mol. The van der Waals surface area contributed by atoms with E-state index in [2.05, 4.69) is 47.5 Å². The molecule has 1 aliphatic rings. The molecule has 0 aromatic heterocycles. The Morgan fingerprint density at radius 1 is 1.16 bits per heavy atom. The number of likely N-dealkylation sites (tertiary alicyclic amines) is 1. The van der Waals surface area contributed by atoms with Crippen LogP contribution in [0.1, 0.15) is 44.1 Å². The third kappa shape index (κ3) is 4.96. The molecular weight excluding hydrogens is 232 g/mol. The third-order valence-corrected chi connectivity index (χ3v) is 4.05. The van der Waals surface area contributed by atoms with E-state index >= 15 is 0 Å². The maximum absolute atomic E-state index is 3.48. The highest BCUT2D eigenvalue weighted by Gasteiger charge is 2.22. The molecule has 1 fully saturated rings. The van der Waals surface area contributed by atoms with Gasteiger partial charge in [0.25, 0.3) is 0 Å². The van der Waals surface area contributed by atoms with Gasteiger partial charge >= 0.3 is 0 Å². The SMILES string of the molecule is CCCNCCCCN1CCC(c2ccccc2)C1. The smallest absolute Gasteiger partial charge is 0.00507 e. The summed E-state index contributed by atoms with van der Waals surface area (Å²) in [6.45, 7) is 8.38. The van der Waals surface area contributed by atoms with E-state index in [1.807, 2.05) is 0 Å². The molecule has 1 aliphatic heterocycles. The zero-order valence-corrected chi connectivity index (χ0v) is 12.3. The van der Waals surface area contributed by atoms with Crippen molar-refractivity contribution >= 4 is 0 Å². The Labute approximate surface area is 118 Å². The highest BCUT2D eigenvalue weighted by atomic mass is 15.1. The Kier molecular flexibility index (Phi) is 6.38. The number of unbranched alkanes of at least 4 members (excludes halogenated alkanes) is 1. The average molecular weight is 260 g/mol. The van der Waals surface area contributed by atoms with E-state index in [-0.39, 0.29) is 0 Å². The van der Waals surface area contributed by atoms with Crippen LogP contribution >= 0.6 is 0 Å². The molecule has 1 atom stereocenters. The average Bonchev–Trinajstić information content (AvgIpc) is 2.92. The zero-order chi connectivity index (χ0) is 13.3. The van der Waals surface area contributed by atoms with Crippen LogP contribution in [0.3, 0.4) is 0 Å². The molecule has 1 aromatic rings. The summed E-state index contributed by atoms with van der Waals surface area (Å²) in [6.07, 6.45) is 5.22. The van der Waals surface area contributed by atoms with Crippen LogP contribution in [-0.4, -0.2) is 37.6 Å². The molecule has 2 nitrogen and oxygen atoms in total. The third-order valence-electron chi connectivity index (χ3n) is 4.05. The molecule has 0 aliphatic carbocycles. The topological polar surface area (TPSA) is 15.3 Å². The van der Waals surface area contributed by atoms with E-state index in [0.717, 1.165) is 5.92 Å². The van der Waals surface area contributed by atoms with Crippen molar-refractivity contribution in [1.82, 2.24) is 10.2 Å². The maximum Gasteiger partial charge on any atom is 0.00507 e. The molecular formula is C17H28N2. The molecule has 2 heteroatoms. The number of benzene rings is 1. The van der Waals surface area contributed by atoms with Crippen molar-refractivity contribution in [1.29, 1.82) is 0 Å². The fourth-order valence-electron chi connectivity index (χ4n) is 2.92. The van der Waals surface area contributed by atoms with Crippen LogP contribution in [0.25, 0.3) is 0 Å². The van der Waals surface area contributed by atoms with Gasteiger partial charge in [-0.25, -0.2) is 0 Å². The summed E-state index contributed by atoms with van der Waals surface area (Å²) in [7, 11) is 0. The van der Waals surface area contributed by atoms with Crippen LogP contribution in [0.15, 0.2) is 30.3 Å². The Bertz CT molecular complexity index is 336. The van der Waals surface area contributed by atoms with E-state index in [1.54, 1.807) is 0 Å². The van der Waals surface area contributed by atoms with Gasteiger partial charge in [0.1, 0.15) is 0 Å². The zero-order valence-electron chi connectivity index (χ0n) is 12.3. The van der Waals surface area contributed by atoms with Crippen molar-refractivity contribution in [2.75, 3.05) is 32.7 Å². The van der Waals surface area contributed by atoms with Crippen LogP contribution in [-0.2, 0) is 0 Å². The maximum atomic E-state index is 3.48. The highest BCUT2D eigenvalue weighted by molar-refractivity contribution is 5.20. The van der Waals surface area contributed by atoms with Gasteiger partial charge in [0.2, 0.25) is 0 Å². The molecule has 0 bridgehead atoms. The fraction of sp³-hybridized carbons (Fsp3) is 0.647. The van der Waals surface area contributed by atoms with Gasteiger partial charge in [-0.3, -0.25) is 0 Å². The number of rotatable bonds is 8. The summed E-state index contributed by atoms with van der Waals surface area (Å²) < 4.78 is 0. The van der Waals surface area contributed by atoms with Crippen molar-refractivity contribution in [3.05, 3.63) is 35.9 Å².